The van der Waals surface area contributed by atoms with Gasteiger partial charge in [0.1, 0.15) is 0 Å². The largest absolute Gasteiger partial charge is 0.463 e. The van der Waals surface area contributed by atoms with E-state index in [4.69, 9.17) is 19.2 Å². The Balaban J connectivity index is 1.48. The van der Waals surface area contributed by atoms with Crippen molar-refractivity contribution in [3.05, 3.63) is 114 Å². The molecule has 216 valence electrons. The van der Waals surface area contributed by atoms with Crippen molar-refractivity contribution in [3.63, 3.8) is 0 Å². The normalized spacial score (nSPS) is 16.0. The number of aromatic nitrogens is 2. The smallest absolute Gasteiger partial charge is 0.338 e. The van der Waals surface area contributed by atoms with Gasteiger partial charge in [0, 0.05) is 16.5 Å². The number of ether oxygens (including phenoxy) is 3. The summed E-state index contributed by atoms with van der Waals surface area (Å²) < 4.78 is 18.7. The number of hydrogen-bond donors (Lipinski definition) is 1. The van der Waals surface area contributed by atoms with Crippen molar-refractivity contribution in [3.8, 4) is 22.8 Å². The molecule has 2 aliphatic heterocycles. The minimum absolute atomic E-state index is 0.120. The minimum atomic E-state index is -0.743. The van der Waals surface area contributed by atoms with E-state index in [0.717, 1.165) is 38.9 Å². The number of fused-ring (bicyclic) bond motifs is 3. The molecule has 43 heavy (non-hydrogen) atoms. The fourth-order valence-electron chi connectivity index (χ4n) is 5.98. The summed E-state index contributed by atoms with van der Waals surface area (Å²) in [6, 6.07) is 19.1. The van der Waals surface area contributed by atoms with Crippen molar-refractivity contribution >= 4 is 34.3 Å². The highest BCUT2D eigenvalue weighted by Crippen LogP contribution is 2.38. The number of allylic oxidation sites excluding steroid dienone is 1. The Morgan fingerprint density at radius 2 is 1.88 bits per heavy atom. The SMILES string of the molecule is CCOC(=O)C1=C(C)N=c2s/c(=C/c3c(-c4ccccc4)[nH]c4c(C)cc(C)cc34)c(=O)n2[C@@H]1c1ccc2c(c1)OCO2. The first-order valence-corrected chi connectivity index (χ1v) is 14.9. The molecule has 1 N–H and O–H groups in total. The van der Waals surface area contributed by atoms with Crippen LogP contribution < -0.4 is 24.4 Å². The average Bonchev–Trinajstić information content (AvgIpc) is 3.69. The number of nitrogens with zero attached hydrogens (tertiary/aromatic N) is 2. The third-order valence-corrected chi connectivity index (χ3v) is 8.84. The predicted molar refractivity (Wildman–Crippen MR) is 166 cm³/mol. The Kier molecular flexibility index (Phi) is 6.54. The Labute approximate surface area is 251 Å². The lowest BCUT2D eigenvalue weighted by atomic mass is 9.95. The summed E-state index contributed by atoms with van der Waals surface area (Å²) in [6.45, 7) is 8.02. The molecule has 2 aliphatic rings. The number of carbonyl (C=O) groups excluding carboxylic acids is 1. The zero-order chi connectivity index (χ0) is 29.8. The number of rotatable bonds is 5. The summed E-state index contributed by atoms with van der Waals surface area (Å²) in [7, 11) is 0. The van der Waals surface area contributed by atoms with E-state index in [1.807, 2.05) is 36.4 Å². The predicted octanol–water partition coefficient (Wildman–Crippen LogP) is 5.29. The molecule has 0 bridgehead atoms. The van der Waals surface area contributed by atoms with Crippen LogP contribution in [0, 0.1) is 13.8 Å². The van der Waals surface area contributed by atoms with Gasteiger partial charge in [0.05, 0.1) is 34.1 Å². The first kappa shape index (κ1) is 27.0. The number of aryl methyl sites for hydroxylation is 2. The van der Waals surface area contributed by atoms with Crippen LogP contribution in [0.3, 0.4) is 0 Å². The Bertz CT molecular complexity index is 2150. The molecule has 9 heteroatoms. The molecule has 0 saturated carbocycles. The molecule has 7 rings (SSSR count). The minimum Gasteiger partial charge on any atom is -0.463 e. The van der Waals surface area contributed by atoms with Crippen LogP contribution in [0.2, 0.25) is 0 Å². The molecule has 5 aromatic rings. The maximum Gasteiger partial charge on any atom is 0.338 e. The van der Waals surface area contributed by atoms with E-state index in [-0.39, 0.29) is 19.0 Å². The van der Waals surface area contributed by atoms with Crippen molar-refractivity contribution in [2.24, 2.45) is 4.99 Å². The van der Waals surface area contributed by atoms with Crippen LogP contribution in [0.1, 0.15) is 42.1 Å². The van der Waals surface area contributed by atoms with Crippen LogP contribution in [0.4, 0.5) is 0 Å². The number of aromatic amines is 1. The van der Waals surface area contributed by atoms with Gasteiger partial charge in [0.2, 0.25) is 6.79 Å². The Hall–Kier alpha value is -4.89. The van der Waals surface area contributed by atoms with Crippen molar-refractivity contribution in [2.75, 3.05) is 13.4 Å². The van der Waals surface area contributed by atoms with Gasteiger partial charge in [-0.1, -0.05) is 59.4 Å². The van der Waals surface area contributed by atoms with Crippen molar-refractivity contribution < 1.29 is 19.0 Å². The van der Waals surface area contributed by atoms with Gasteiger partial charge in [-0.25, -0.2) is 9.79 Å². The van der Waals surface area contributed by atoms with Gasteiger partial charge in [0.25, 0.3) is 5.56 Å². The first-order valence-electron chi connectivity index (χ1n) is 14.1. The van der Waals surface area contributed by atoms with Crippen LogP contribution in [0.5, 0.6) is 11.5 Å². The number of esters is 1. The molecule has 0 spiro atoms. The van der Waals surface area contributed by atoms with Crippen LogP contribution in [0.25, 0.3) is 28.2 Å². The molecule has 1 atom stereocenters. The monoisotopic (exact) mass is 591 g/mol. The van der Waals surface area contributed by atoms with E-state index < -0.39 is 12.0 Å². The summed E-state index contributed by atoms with van der Waals surface area (Å²) in [5, 5.41) is 1.04. The second-order valence-electron chi connectivity index (χ2n) is 10.7. The molecule has 0 aliphatic carbocycles. The fraction of sp³-hybridized carbons (Fsp3) is 0.206. The van der Waals surface area contributed by atoms with Crippen LogP contribution >= 0.6 is 11.3 Å². The molecule has 4 heterocycles. The van der Waals surface area contributed by atoms with Crippen LogP contribution in [-0.4, -0.2) is 28.9 Å². The summed E-state index contributed by atoms with van der Waals surface area (Å²) in [5.41, 5.74) is 7.49. The second-order valence-corrected chi connectivity index (χ2v) is 11.7. The van der Waals surface area contributed by atoms with E-state index >= 15 is 0 Å². The molecule has 0 saturated heterocycles. The lowest BCUT2D eigenvalue weighted by Gasteiger charge is -2.24. The van der Waals surface area contributed by atoms with Gasteiger partial charge in [-0.15, -0.1) is 0 Å². The molecule has 8 nitrogen and oxygen atoms in total. The maximum atomic E-state index is 14.3. The van der Waals surface area contributed by atoms with Gasteiger partial charge in [-0.2, -0.15) is 0 Å². The maximum absolute atomic E-state index is 14.3. The lowest BCUT2D eigenvalue weighted by molar-refractivity contribution is -0.139. The molecule has 2 aromatic heterocycles. The van der Waals surface area contributed by atoms with E-state index in [9.17, 15) is 9.59 Å². The Morgan fingerprint density at radius 1 is 1.09 bits per heavy atom. The molecule has 0 radical (unpaired) electrons. The third kappa shape index (κ3) is 4.47. The fourth-order valence-corrected chi connectivity index (χ4v) is 7.00. The van der Waals surface area contributed by atoms with E-state index in [2.05, 4.69) is 43.1 Å². The van der Waals surface area contributed by atoms with Crippen molar-refractivity contribution in [1.82, 2.24) is 9.55 Å². The molecule has 0 unspecified atom stereocenters. The zero-order valence-corrected chi connectivity index (χ0v) is 25.0. The summed E-state index contributed by atoms with van der Waals surface area (Å²) in [5.74, 6) is 0.678. The first-order chi connectivity index (χ1) is 20.8. The van der Waals surface area contributed by atoms with Gasteiger partial charge in [-0.3, -0.25) is 9.36 Å². The number of carbonyl (C=O) groups is 1. The number of thiazole rings is 1. The number of benzene rings is 3. The molecule has 3 aromatic carbocycles. The molecule has 0 amide bonds. The van der Waals surface area contributed by atoms with E-state index in [0.29, 0.717) is 37.7 Å². The van der Waals surface area contributed by atoms with Gasteiger partial charge >= 0.3 is 5.97 Å². The summed E-state index contributed by atoms with van der Waals surface area (Å²) in [6.07, 6.45) is 1.95. The number of nitrogens with one attached hydrogen (secondary N) is 1. The summed E-state index contributed by atoms with van der Waals surface area (Å²) in [4.78, 5) is 36.5. The van der Waals surface area contributed by atoms with Crippen LogP contribution in [0.15, 0.2) is 81.7 Å². The average molecular weight is 592 g/mol. The van der Waals surface area contributed by atoms with E-state index in [1.165, 1.54) is 11.3 Å². The third-order valence-electron chi connectivity index (χ3n) is 7.86. The van der Waals surface area contributed by atoms with Crippen LogP contribution in [-0.2, 0) is 9.53 Å². The zero-order valence-electron chi connectivity index (χ0n) is 24.2. The standard InChI is InChI=1S/C34H29N3O5S/c1-5-40-33(39)28-20(4)35-34-37(31(28)22-11-12-25-26(15-22)42-17-41-25)32(38)27(43-34)16-24-23-14-18(2)13-19(3)29(23)36-30(24)21-9-7-6-8-10-21/h6-16,31,36H,5,17H2,1-4H3/b27-16+/t31-/m1/s1. The highest BCUT2D eigenvalue weighted by molar-refractivity contribution is 7.07. The Morgan fingerprint density at radius 3 is 2.67 bits per heavy atom. The lowest BCUT2D eigenvalue weighted by Crippen LogP contribution is -2.39. The van der Waals surface area contributed by atoms with Gasteiger partial charge in [0.15, 0.2) is 16.3 Å². The van der Waals surface area contributed by atoms with Gasteiger partial charge < -0.3 is 19.2 Å². The molecular formula is C34H29N3O5S. The topological polar surface area (TPSA) is 94.9 Å². The van der Waals surface area contributed by atoms with Crippen molar-refractivity contribution in [1.29, 1.82) is 0 Å². The highest BCUT2D eigenvalue weighted by Gasteiger charge is 2.34. The van der Waals surface area contributed by atoms with E-state index in [1.54, 1.807) is 24.5 Å². The van der Waals surface area contributed by atoms with Crippen molar-refractivity contribution in [2.45, 2.75) is 33.7 Å². The second kappa shape index (κ2) is 10.4. The number of H-pyrrole nitrogens is 1. The summed E-state index contributed by atoms with van der Waals surface area (Å²) >= 11 is 1.31. The molecular weight excluding hydrogens is 562 g/mol. The molecule has 0 fully saturated rings. The van der Waals surface area contributed by atoms with Gasteiger partial charge in [-0.05, 0) is 68.7 Å². The quantitative estimate of drug-likeness (QED) is 0.280. The number of hydrogen-bond acceptors (Lipinski definition) is 7. The highest BCUT2D eigenvalue weighted by atomic mass is 32.1.